The first kappa shape index (κ1) is 17.4. The highest BCUT2D eigenvalue weighted by molar-refractivity contribution is 7.92. The van der Waals surface area contributed by atoms with E-state index >= 15 is 0 Å². The lowest BCUT2D eigenvalue weighted by Crippen LogP contribution is -2.56. The van der Waals surface area contributed by atoms with Crippen molar-refractivity contribution in [3.8, 4) is 0 Å². The SMILES string of the molecule is Cc1c([C@H]2CNC[C@@H]2C(=O)N2CCS(=O)(=O)C(C)(C)C2)cnn1C. The number of aryl methyl sites for hydroxylation is 1. The van der Waals surface area contributed by atoms with Crippen LogP contribution in [0.4, 0.5) is 0 Å². The molecule has 3 rings (SSSR count). The second-order valence-electron chi connectivity index (χ2n) is 7.52. The maximum atomic E-state index is 13.1. The van der Waals surface area contributed by atoms with Gasteiger partial charge in [-0.1, -0.05) is 0 Å². The van der Waals surface area contributed by atoms with Gasteiger partial charge in [0.25, 0.3) is 0 Å². The molecule has 0 spiro atoms. The first-order valence-corrected chi connectivity index (χ1v) is 9.99. The Morgan fingerprint density at radius 2 is 2.08 bits per heavy atom. The first-order chi connectivity index (χ1) is 11.1. The molecule has 1 aromatic heterocycles. The summed E-state index contributed by atoms with van der Waals surface area (Å²) in [6.45, 7) is 7.36. The molecule has 2 saturated heterocycles. The third-order valence-electron chi connectivity index (χ3n) is 5.56. The summed E-state index contributed by atoms with van der Waals surface area (Å²) in [7, 11) is -1.24. The normalized spacial score (nSPS) is 28.9. The van der Waals surface area contributed by atoms with Crippen LogP contribution in [-0.2, 0) is 21.7 Å². The highest BCUT2D eigenvalue weighted by Gasteiger charge is 2.45. The average molecular weight is 354 g/mol. The van der Waals surface area contributed by atoms with Gasteiger partial charge in [-0.15, -0.1) is 0 Å². The van der Waals surface area contributed by atoms with Gasteiger partial charge in [0.05, 0.1) is 22.6 Å². The molecule has 3 heterocycles. The maximum Gasteiger partial charge on any atom is 0.227 e. The Labute approximate surface area is 143 Å². The zero-order chi connectivity index (χ0) is 17.7. The van der Waals surface area contributed by atoms with Crippen LogP contribution in [0.2, 0.25) is 0 Å². The van der Waals surface area contributed by atoms with E-state index in [0.29, 0.717) is 13.1 Å². The molecule has 1 amide bonds. The van der Waals surface area contributed by atoms with Crippen LogP contribution in [0.15, 0.2) is 6.20 Å². The van der Waals surface area contributed by atoms with E-state index in [1.54, 1.807) is 18.7 Å². The summed E-state index contributed by atoms with van der Waals surface area (Å²) in [5.41, 5.74) is 2.17. The molecule has 0 aromatic carbocycles. The lowest BCUT2D eigenvalue weighted by Gasteiger charge is -2.39. The van der Waals surface area contributed by atoms with Gasteiger partial charge in [0.2, 0.25) is 5.91 Å². The molecule has 2 atom stereocenters. The molecule has 0 unspecified atom stereocenters. The van der Waals surface area contributed by atoms with Gasteiger partial charge < -0.3 is 10.2 Å². The second-order valence-corrected chi connectivity index (χ2v) is 10.3. The van der Waals surface area contributed by atoms with Gasteiger partial charge in [-0.2, -0.15) is 5.10 Å². The van der Waals surface area contributed by atoms with Gasteiger partial charge in [0, 0.05) is 44.8 Å². The van der Waals surface area contributed by atoms with Crippen molar-refractivity contribution in [2.24, 2.45) is 13.0 Å². The summed E-state index contributed by atoms with van der Waals surface area (Å²) < 4.78 is 25.3. The fourth-order valence-electron chi connectivity index (χ4n) is 3.71. The Kier molecular flexibility index (Phi) is 4.24. The van der Waals surface area contributed by atoms with Gasteiger partial charge in [0.1, 0.15) is 0 Å². The first-order valence-electron chi connectivity index (χ1n) is 8.34. The number of hydrogen-bond acceptors (Lipinski definition) is 5. The fraction of sp³-hybridized carbons (Fsp3) is 0.750. The third kappa shape index (κ3) is 2.75. The van der Waals surface area contributed by atoms with Gasteiger partial charge in [0.15, 0.2) is 9.84 Å². The lowest BCUT2D eigenvalue weighted by atomic mass is 9.88. The van der Waals surface area contributed by atoms with Crippen LogP contribution in [0.3, 0.4) is 0 Å². The van der Waals surface area contributed by atoms with Crippen molar-refractivity contribution in [2.45, 2.75) is 31.4 Å². The van der Waals surface area contributed by atoms with Crippen molar-refractivity contribution in [1.29, 1.82) is 0 Å². The summed E-state index contributed by atoms with van der Waals surface area (Å²) in [4.78, 5) is 14.8. The van der Waals surface area contributed by atoms with E-state index in [9.17, 15) is 13.2 Å². The average Bonchev–Trinajstić information content (AvgIpc) is 3.09. The number of nitrogens with zero attached hydrogens (tertiary/aromatic N) is 3. The number of carbonyl (C=O) groups excluding carboxylic acids is 1. The quantitative estimate of drug-likeness (QED) is 0.812. The molecule has 2 fully saturated rings. The molecule has 24 heavy (non-hydrogen) atoms. The zero-order valence-electron chi connectivity index (χ0n) is 14.7. The minimum absolute atomic E-state index is 0.0441. The Morgan fingerprint density at radius 1 is 1.38 bits per heavy atom. The molecule has 1 N–H and O–H groups in total. The van der Waals surface area contributed by atoms with E-state index in [-0.39, 0.29) is 30.0 Å². The largest absolute Gasteiger partial charge is 0.340 e. The monoisotopic (exact) mass is 354 g/mol. The van der Waals surface area contributed by atoms with Crippen LogP contribution < -0.4 is 5.32 Å². The van der Waals surface area contributed by atoms with Crippen LogP contribution in [-0.4, -0.2) is 65.7 Å². The Hall–Kier alpha value is -1.41. The van der Waals surface area contributed by atoms with E-state index in [4.69, 9.17) is 0 Å². The minimum Gasteiger partial charge on any atom is -0.340 e. The fourth-order valence-corrected chi connectivity index (χ4v) is 5.08. The summed E-state index contributed by atoms with van der Waals surface area (Å²) in [6.07, 6.45) is 1.85. The van der Waals surface area contributed by atoms with Gasteiger partial charge in [-0.25, -0.2) is 8.42 Å². The predicted molar refractivity (Wildman–Crippen MR) is 91.5 cm³/mol. The molecular formula is C16H26N4O3S. The molecule has 0 radical (unpaired) electrons. The van der Waals surface area contributed by atoms with E-state index in [1.165, 1.54) is 0 Å². The van der Waals surface area contributed by atoms with E-state index in [0.717, 1.165) is 17.8 Å². The highest BCUT2D eigenvalue weighted by Crippen LogP contribution is 2.33. The Bertz CT molecular complexity index is 753. The molecule has 2 aliphatic heterocycles. The lowest BCUT2D eigenvalue weighted by molar-refractivity contribution is -0.135. The molecule has 0 saturated carbocycles. The topological polar surface area (TPSA) is 84.3 Å². The van der Waals surface area contributed by atoms with Crippen LogP contribution in [0.1, 0.15) is 31.0 Å². The highest BCUT2D eigenvalue weighted by atomic mass is 32.2. The number of nitrogens with one attached hydrogen (secondary N) is 1. The van der Waals surface area contributed by atoms with Gasteiger partial charge in [-0.05, 0) is 26.3 Å². The number of aromatic nitrogens is 2. The predicted octanol–water partition coefficient (Wildman–Crippen LogP) is 0.0671. The van der Waals surface area contributed by atoms with Crippen molar-refractivity contribution in [3.05, 3.63) is 17.5 Å². The molecule has 0 bridgehead atoms. The number of sulfone groups is 1. The van der Waals surface area contributed by atoms with Crippen LogP contribution in [0.5, 0.6) is 0 Å². The van der Waals surface area contributed by atoms with Crippen molar-refractivity contribution in [3.63, 3.8) is 0 Å². The molecule has 2 aliphatic rings. The maximum absolute atomic E-state index is 13.1. The smallest absolute Gasteiger partial charge is 0.227 e. The van der Waals surface area contributed by atoms with Crippen molar-refractivity contribution in [1.82, 2.24) is 20.0 Å². The van der Waals surface area contributed by atoms with Gasteiger partial charge >= 0.3 is 0 Å². The number of amides is 1. The number of carbonyl (C=O) groups is 1. The van der Waals surface area contributed by atoms with E-state index in [1.807, 2.05) is 24.9 Å². The minimum atomic E-state index is -3.14. The molecule has 134 valence electrons. The van der Waals surface area contributed by atoms with Crippen LogP contribution >= 0.6 is 0 Å². The Morgan fingerprint density at radius 3 is 2.67 bits per heavy atom. The van der Waals surface area contributed by atoms with Crippen molar-refractivity contribution >= 4 is 15.7 Å². The third-order valence-corrected chi connectivity index (χ3v) is 8.09. The van der Waals surface area contributed by atoms with Crippen molar-refractivity contribution in [2.75, 3.05) is 31.9 Å². The van der Waals surface area contributed by atoms with Crippen LogP contribution in [0, 0.1) is 12.8 Å². The Balaban J connectivity index is 1.81. The van der Waals surface area contributed by atoms with Gasteiger partial charge in [-0.3, -0.25) is 9.48 Å². The molecule has 1 aromatic rings. The summed E-state index contributed by atoms with van der Waals surface area (Å²) >= 11 is 0. The number of hydrogen-bond donors (Lipinski definition) is 1. The molecule has 7 nitrogen and oxygen atoms in total. The summed E-state index contributed by atoms with van der Waals surface area (Å²) in [5.74, 6) is 0.0243. The second kappa shape index (κ2) is 5.84. The number of rotatable bonds is 2. The molecular weight excluding hydrogens is 328 g/mol. The standard InChI is InChI=1S/C16H26N4O3S/c1-11-12(9-18-19(11)4)13-7-17-8-14(13)15(21)20-5-6-24(22,23)16(2,3)10-20/h9,13-14,17H,5-8,10H2,1-4H3/t13-,14+/m1/s1. The zero-order valence-corrected chi connectivity index (χ0v) is 15.6. The van der Waals surface area contributed by atoms with E-state index in [2.05, 4.69) is 10.4 Å². The van der Waals surface area contributed by atoms with Crippen molar-refractivity contribution < 1.29 is 13.2 Å². The van der Waals surface area contributed by atoms with E-state index < -0.39 is 14.6 Å². The summed E-state index contributed by atoms with van der Waals surface area (Å²) in [5, 5.41) is 7.61. The molecule has 8 heteroatoms. The molecule has 0 aliphatic carbocycles. The van der Waals surface area contributed by atoms with Crippen LogP contribution in [0.25, 0.3) is 0 Å². The summed E-state index contributed by atoms with van der Waals surface area (Å²) in [6, 6.07) is 0.